The van der Waals surface area contributed by atoms with E-state index >= 15 is 0 Å². The number of aromatic nitrogens is 6. The van der Waals surface area contributed by atoms with Crippen LogP contribution < -0.4 is 15.1 Å². The van der Waals surface area contributed by atoms with E-state index in [1.54, 1.807) is 0 Å². The van der Waals surface area contributed by atoms with Crippen LogP contribution in [0.2, 0.25) is 16.6 Å². The van der Waals surface area contributed by atoms with Crippen molar-refractivity contribution in [3.8, 4) is 5.75 Å². The van der Waals surface area contributed by atoms with Gasteiger partial charge in [0, 0.05) is 34.8 Å². The molecular formula is C79H82N8O2Si. The number of hydrogen-bond acceptors (Lipinski definition) is 8. The van der Waals surface area contributed by atoms with Crippen LogP contribution in [-0.2, 0) is 23.0 Å². The van der Waals surface area contributed by atoms with Gasteiger partial charge in [-0.3, -0.25) is 4.68 Å². The van der Waals surface area contributed by atoms with E-state index in [9.17, 15) is 5.11 Å². The Morgan fingerprint density at radius 3 is 1.59 bits per heavy atom. The Hall–Kier alpha value is -9.00. The van der Waals surface area contributed by atoms with E-state index in [1.807, 2.05) is 10.9 Å². The molecule has 1 atom stereocenters. The first-order valence-electron chi connectivity index (χ1n) is 32.3. The summed E-state index contributed by atoms with van der Waals surface area (Å²) in [7, 11) is -2.23. The molecule has 3 fully saturated rings. The fraction of sp³-hybridized carbons (Fsp3) is 0.266. The van der Waals surface area contributed by atoms with Crippen LogP contribution in [0.4, 0.5) is 5.82 Å². The standard InChI is InChI=1S/C79H82N8O2Si/c1-57(2)90(58(3)4,59(5)6)89-69-44-28-29-60(51-69)55-86-56-61(54-81-86)70(45-50-80-76-46-48-77(49-47-76,72(88)53-76)62-30-14-7-15-31-62)71-52-73(83-78(63-32-16-8-17-33-63,64-34-18-9-19-35-64)65-36-20-10-21-37-65)82-75-74(71)84-85-87(75)79(66-38-22-11-23-39-66,67-40-24-12-25-41-67)68-42-26-13-27-43-68/h7-45,51-52,54,56-59,72,80,88H,46-50,53,55H2,1-6H3,(H,82,83)/b70-45+/t72-,76?,77?/m1/s1. The van der Waals surface area contributed by atoms with Crippen molar-refractivity contribution in [3.63, 3.8) is 0 Å². The molecule has 3 aliphatic carbocycles. The first kappa shape index (κ1) is 59.9. The summed E-state index contributed by atoms with van der Waals surface area (Å²) >= 11 is 0. The molecule has 3 N–H and O–H groups in total. The number of aliphatic hydroxyl groups is 1. The summed E-state index contributed by atoms with van der Waals surface area (Å²) < 4.78 is 11.3. The number of pyridine rings is 1. The largest absolute Gasteiger partial charge is 0.543 e. The van der Waals surface area contributed by atoms with Gasteiger partial charge in [0.1, 0.15) is 28.2 Å². The molecule has 0 amide bonds. The van der Waals surface area contributed by atoms with Gasteiger partial charge >= 0.3 is 0 Å². The van der Waals surface area contributed by atoms with Crippen LogP contribution in [0.15, 0.2) is 261 Å². The smallest absolute Gasteiger partial charge is 0.258 e. The third-order valence-electron chi connectivity index (χ3n) is 20.2. The molecule has 3 aliphatic rings. The minimum atomic E-state index is -2.23. The normalized spacial score (nSPS) is 18.0. The number of benzene rings is 8. The van der Waals surface area contributed by atoms with Crippen molar-refractivity contribution in [2.24, 2.45) is 0 Å². The van der Waals surface area contributed by atoms with Crippen molar-refractivity contribution in [1.82, 2.24) is 35.1 Å². The molecule has 10 nitrogen and oxygen atoms in total. The summed E-state index contributed by atoms with van der Waals surface area (Å²) in [6.07, 6.45) is 10.4. The molecule has 11 heteroatoms. The van der Waals surface area contributed by atoms with Crippen molar-refractivity contribution in [1.29, 1.82) is 0 Å². The summed E-state index contributed by atoms with van der Waals surface area (Å²) in [5.74, 6) is 1.54. The van der Waals surface area contributed by atoms with Gasteiger partial charge < -0.3 is 20.2 Å². The third-order valence-corrected chi connectivity index (χ3v) is 26.2. The van der Waals surface area contributed by atoms with Crippen LogP contribution >= 0.6 is 0 Å². The number of hydrogen-bond donors (Lipinski definition) is 3. The average Bonchev–Trinajstić information content (AvgIpc) is 1.34. The molecule has 0 spiro atoms. The van der Waals surface area contributed by atoms with E-state index in [4.69, 9.17) is 24.8 Å². The lowest BCUT2D eigenvalue weighted by atomic mass is 9.53. The molecule has 14 rings (SSSR count). The Kier molecular flexibility index (Phi) is 16.7. The first-order valence-corrected chi connectivity index (χ1v) is 34.4. The second kappa shape index (κ2) is 25.1. The molecule has 0 aliphatic heterocycles. The van der Waals surface area contributed by atoms with E-state index < -0.39 is 25.5 Å². The van der Waals surface area contributed by atoms with E-state index in [1.165, 1.54) is 5.56 Å². The summed E-state index contributed by atoms with van der Waals surface area (Å²) in [6, 6.07) is 85.4. The van der Waals surface area contributed by atoms with Gasteiger partial charge in [-0.25, -0.2) is 9.67 Å². The molecule has 3 heterocycles. The number of rotatable bonds is 22. The van der Waals surface area contributed by atoms with Crippen LogP contribution in [0.1, 0.15) is 129 Å². The Morgan fingerprint density at radius 2 is 1.10 bits per heavy atom. The molecule has 90 heavy (non-hydrogen) atoms. The van der Waals surface area contributed by atoms with Crippen LogP contribution in [0.25, 0.3) is 16.7 Å². The molecular weight excluding hydrogens is 1120 g/mol. The monoisotopic (exact) mass is 1200 g/mol. The van der Waals surface area contributed by atoms with Gasteiger partial charge in [0.05, 0.1) is 18.8 Å². The molecule has 8 aromatic carbocycles. The van der Waals surface area contributed by atoms with Crippen LogP contribution in [0, 0.1) is 0 Å². The number of nitrogens with zero attached hydrogens (tertiary/aromatic N) is 6. The molecule has 3 aromatic heterocycles. The Labute approximate surface area is 531 Å². The van der Waals surface area contributed by atoms with Crippen molar-refractivity contribution < 1.29 is 9.53 Å². The maximum atomic E-state index is 12.2. The zero-order valence-electron chi connectivity index (χ0n) is 52.6. The van der Waals surface area contributed by atoms with Gasteiger partial charge in [0.15, 0.2) is 5.65 Å². The number of fused-ring (bicyclic) bond motifs is 4. The highest BCUT2D eigenvalue weighted by Gasteiger charge is 2.55. The second-order valence-electron chi connectivity index (χ2n) is 26.0. The molecule has 3 saturated carbocycles. The van der Waals surface area contributed by atoms with Crippen LogP contribution in [-0.4, -0.2) is 61.4 Å². The summed E-state index contributed by atoms with van der Waals surface area (Å²) in [6.45, 7) is 15.0. The number of nitrogens with one attached hydrogen (secondary N) is 2. The maximum absolute atomic E-state index is 12.2. The number of anilines is 1. The SMILES string of the molecule is CC(C)[Si](Oc1cccc(Cn2cc(/C(=C\CNC34CCC(c5ccccc5)(CC3)[C@H](O)C4)c3cc(NC(c4ccccc4)(c4ccccc4)c4ccccc4)nc4c3nnn4C(c3ccccc3)(c3ccccc3)c3ccccc3)cn2)c1)(C(C)C)C(C)C. The second-order valence-corrected chi connectivity index (χ2v) is 31.4. The van der Waals surface area contributed by atoms with E-state index in [0.29, 0.717) is 53.1 Å². The summed E-state index contributed by atoms with van der Waals surface area (Å²) in [4.78, 5) is 5.85. The molecule has 0 unspecified atom stereocenters. The highest BCUT2D eigenvalue weighted by Crippen LogP contribution is 2.54. The topological polar surface area (TPSA) is 115 Å². The van der Waals surface area contributed by atoms with Crippen LogP contribution in [0.3, 0.4) is 0 Å². The lowest BCUT2D eigenvalue weighted by molar-refractivity contribution is -0.0485. The van der Waals surface area contributed by atoms with Gasteiger partial charge in [0.25, 0.3) is 8.32 Å². The fourth-order valence-electron chi connectivity index (χ4n) is 15.8. The molecule has 0 radical (unpaired) electrons. The Balaban J connectivity index is 1.02. The lowest BCUT2D eigenvalue weighted by Gasteiger charge is -2.56. The van der Waals surface area contributed by atoms with Gasteiger partial charge in [-0.1, -0.05) is 277 Å². The third kappa shape index (κ3) is 10.8. The van der Waals surface area contributed by atoms with E-state index in [-0.39, 0.29) is 11.0 Å². The predicted octanol–water partition coefficient (Wildman–Crippen LogP) is 16.9. The zero-order valence-corrected chi connectivity index (χ0v) is 53.6. The van der Waals surface area contributed by atoms with E-state index in [0.717, 1.165) is 87.1 Å². The van der Waals surface area contributed by atoms with Gasteiger partial charge in [-0.15, -0.1) is 5.10 Å². The predicted molar refractivity (Wildman–Crippen MR) is 367 cm³/mol. The zero-order chi connectivity index (χ0) is 61.9. The minimum absolute atomic E-state index is 0.241. The number of aliphatic hydroxyl groups excluding tert-OH is 1. The van der Waals surface area contributed by atoms with Gasteiger partial charge in [-0.2, -0.15) is 5.10 Å². The van der Waals surface area contributed by atoms with Crippen molar-refractivity contribution in [3.05, 3.63) is 317 Å². The Morgan fingerprint density at radius 1 is 0.611 bits per heavy atom. The van der Waals surface area contributed by atoms with E-state index in [2.05, 4.69) is 312 Å². The van der Waals surface area contributed by atoms with Crippen LogP contribution in [0.5, 0.6) is 5.75 Å². The first-order chi connectivity index (χ1) is 43.9. The Bertz CT molecular complexity index is 3990. The minimum Gasteiger partial charge on any atom is -0.543 e. The van der Waals surface area contributed by atoms with Crippen molar-refractivity contribution in [2.45, 2.75) is 125 Å². The quantitative estimate of drug-likeness (QED) is 0.0454. The average molecular weight is 1200 g/mol. The molecule has 454 valence electrons. The summed E-state index contributed by atoms with van der Waals surface area (Å²) in [5, 5.41) is 36.4. The maximum Gasteiger partial charge on any atom is 0.258 e. The van der Waals surface area contributed by atoms with Crippen molar-refractivity contribution >= 4 is 30.9 Å². The molecule has 2 bridgehead atoms. The van der Waals surface area contributed by atoms with Gasteiger partial charge in [0.2, 0.25) is 0 Å². The highest BCUT2D eigenvalue weighted by molar-refractivity contribution is 6.78. The summed E-state index contributed by atoms with van der Waals surface area (Å²) in [5.41, 5.74) is 11.2. The highest BCUT2D eigenvalue weighted by atomic mass is 28.4. The molecule has 0 saturated heterocycles. The molecule has 11 aromatic rings. The van der Waals surface area contributed by atoms with Crippen molar-refractivity contribution in [2.75, 3.05) is 11.9 Å². The fourth-order valence-corrected chi connectivity index (χ4v) is 21.1. The van der Waals surface area contributed by atoms with Gasteiger partial charge in [-0.05, 0) is 117 Å². The lowest BCUT2D eigenvalue weighted by Crippen LogP contribution is -2.62.